The van der Waals surface area contributed by atoms with Gasteiger partial charge in [0.25, 0.3) is 0 Å². The predicted octanol–water partition coefficient (Wildman–Crippen LogP) is 8.44. The van der Waals surface area contributed by atoms with E-state index in [1.165, 1.54) is 24.8 Å². The molecule has 7 nitrogen and oxygen atoms in total. The first kappa shape index (κ1) is 34.3. The minimum absolute atomic E-state index is 0.198. The van der Waals surface area contributed by atoms with E-state index in [1.807, 2.05) is 0 Å². The smallest absolute Gasteiger partial charge is 0.338 e. The topological polar surface area (TPSA) is 110 Å². The number of esters is 2. The van der Waals surface area contributed by atoms with Crippen molar-refractivity contribution in [2.45, 2.75) is 125 Å². The summed E-state index contributed by atoms with van der Waals surface area (Å²) < 4.78 is 100. The van der Waals surface area contributed by atoms with Gasteiger partial charge in [0.05, 0.1) is 12.0 Å². The van der Waals surface area contributed by atoms with Gasteiger partial charge in [0.2, 0.25) is 17.4 Å². The fourth-order valence-electron chi connectivity index (χ4n) is 7.45. The van der Waals surface area contributed by atoms with Crippen molar-refractivity contribution < 1.29 is 49.6 Å². The van der Waals surface area contributed by atoms with Crippen molar-refractivity contribution in [1.82, 2.24) is 0 Å². The van der Waals surface area contributed by atoms with Crippen LogP contribution in [0.4, 0.5) is 17.6 Å². The molecule has 2 aromatic rings. The molecule has 0 radical (unpaired) electrons. The highest BCUT2D eigenvalue weighted by Crippen LogP contribution is 2.44. The number of carbonyl (C=O) groups excluding carboxylic acids is 2. The first-order chi connectivity index (χ1) is 22.0. The van der Waals surface area contributed by atoms with Crippen molar-refractivity contribution in [3.05, 3.63) is 57.7 Å². The molecular formula is C34H39F4O7S-. The number of hydrogen-bond donors (Lipinski definition) is 0. The van der Waals surface area contributed by atoms with Gasteiger partial charge in [-0.2, -0.15) is 8.78 Å². The van der Waals surface area contributed by atoms with E-state index >= 15 is 0 Å². The summed E-state index contributed by atoms with van der Waals surface area (Å²) in [5.41, 5.74) is 3.78. The fraction of sp³-hybridized carbons (Fsp3) is 0.588. The first-order valence-electron chi connectivity index (χ1n) is 16.3. The van der Waals surface area contributed by atoms with E-state index in [1.54, 1.807) is 0 Å². The Morgan fingerprint density at radius 1 is 0.696 bits per heavy atom. The van der Waals surface area contributed by atoms with Crippen molar-refractivity contribution in [1.29, 1.82) is 0 Å². The van der Waals surface area contributed by atoms with Gasteiger partial charge >= 0.3 is 11.9 Å². The third kappa shape index (κ3) is 7.59. The zero-order chi connectivity index (χ0) is 33.0. The normalized spacial score (nSPS) is 18.8. The summed E-state index contributed by atoms with van der Waals surface area (Å²) in [4.78, 5) is 23.9. The summed E-state index contributed by atoms with van der Waals surface area (Å²) in [6, 6.07) is 4.40. The van der Waals surface area contributed by atoms with E-state index in [-0.39, 0.29) is 11.8 Å². The molecule has 0 saturated heterocycles. The van der Waals surface area contributed by atoms with Gasteiger partial charge in [0, 0.05) is 0 Å². The van der Waals surface area contributed by atoms with E-state index < -0.39 is 69.0 Å². The van der Waals surface area contributed by atoms with Gasteiger partial charge < -0.3 is 14.0 Å². The van der Waals surface area contributed by atoms with E-state index in [0.29, 0.717) is 11.5 Å². The summed E-state index contributed by atoms with van der Waals surface area (Å²) >= 11 is 0. The SMILES string of the molecule is O=C(CCOC(=O)c1c(C2CCCCC2)cc(C2CCCCC2)cc1C1CCCCC1)Oc1c(F)c(F)c(S(=O)(=O)[O-])c(F)c1F. The number of hydrogen-bond acceptors (Lipinski definition) is 7. The fourth-order valence-corrected chi connectivity index (χ4v) is 8.07. The maximum absolute atomic E-state index is 14.3. The summed E-state index contributed by atoms with van der Waals surface area (Å²) in [6.45, 7) is -0.544. The number of ether oxygens (including phenoxy) is 2. The molecule has 0 spiro atoms. The van der Waals surface area contributed by atoms with Crippen LogP contribution in [0.15, 0.2) is 17.0 Å². The number of benzene rings is 2. The molecule has 0 bridgehead atoms. The van der Waals surface area contributed by atoms with Crippen LogP contribution in [0.3, 0.4) is 0 Å². The molecule has 0 unspecified atom stereocenters. The average molecular weight is 668 g/mol. The van der Waals surface area contributed by atoms with Crippen LogP contribution in [0.2, 0.25) is 0 Å². The molecular weight excluding hydrogens is 628 g/mol. The summed E-state index contributed by atoms with van der Waals surface area (Å²) in [5, 5.41) is 0. The molecule has 12 heteroatoms. The Labute approximate surface area is 266 Å². The van der Waals surface area contributed by atoms with Gasteiger partial charge in [-0.3, -0.25) is 4.79 Å². The zero-order valence-corrected chi connectivity index (χ0v) is 26.5. The van der Waals surface area contributed by atoms with Gasteiger partial charge in [0.1, 0.15) is 21.6 Å². The summed E-state index contributed by atoms with van der Waals surface area (Å²) in [7, 11) is -5.92. The highest BCUT2D eigenvalue weighted by Gasteiger charge is 2.33. The lowest BCUT2D eigenvalue weighted by atomic mass is 9.73. The van der Waals surface area contributed by atoms with Crippen LogP contribution in [0.25, 0.3) is 0 Å². The van der Waals surface area contributed by atoms with Gasteiger partial charge in [-0.1, -0.05) is 69.9 Å². The Kier molecular flexibility index (Phi) is 11.1. The maximum atomic E-state index is 14.3. The standard InChI is InChI=1S/C34H40F4O7S/c35-28-30(37)33(46(41,42)43)31(38)29(36)32(28)45-26(39)16-17-44-34(40)27-24(21-12-6-2-7-13-21)18-23(20-10-4-1-5-11-20)19-25(27)22-14-8-3-9-15-22/h18-22H,1-17H2,(H,41,42,43)/p-1. The van der Waals surface area contributed by atoms with E-state index in [9.17, 15) is 40.1 Å². The third-order valence-corrected chi connectivity index (χ3v) is 10.6. The molecule has 0 heterocycles. The van der Waals surface area contributed by atoms with Crippen molar-refractivity contribution in [3.8, 4) is 5.75 Å². The molecule has 3 aliphatic rings. The molecule has 252 valence electrons. The van der Waals surface area contributed by atoms with Crippen molar-refractivity contribution in [2.24, 2.45) is 0 Å². The highest BCUT2D eigenvalue weighted by molar-refractivity contribution is 7.85. The van der Waals surface area contributed by atoms with Crippen LogP contribution in [-0.4, -0.2) is 31.5 Å². The summed E-state index contributed by atoms with van der Waals surface area (Å²) in [6.07, 6.45) is 15.5. The molecule has 46 heavy (non-hydrogen) atoms. The van der Waals surface area contributed by atoms with Crippen molar-refractivity contribution in [2.75, 3.05) is 6.61 Å². The average Bonchev–Trinajstić information content (AvgIpc) is 3.06. The Bertz CT molecular complexity index is 1490. The van der Waals surface area contributed by atoms with Crippen LogP contribution in [0, 0.1) is 23.3 Å². The molecule has 3 fully saturated rings. The predicted molar refractivity (Wildman–Crippen MR) is 159 cm³/mol. The second kappa shape index (κ2) is 14.8. The maximum Gasteiger partial charge on any atom is 0.338 e. The van der Waals surface area contributed by atoms with Gasteiger partial charge in [-0.25, -0.2) is 22.0 Å². The first-order valence-corrected chi connectivity index (χ1v) is 17.8. The zero-order valence-electron chi connectivity index (χ0n) is 25.7. The summed E-state index contributed by atoms with van der Waals surface area (Å²) in [5.74, 6) is -12.7. The molecule has 0 atom stereocenters. The molecule has 0 aliphatic heterocycles. The number of halogens is 4. The Morgan fingerprint density at radius 2 is 1.13 bits per heavy atom. The van der Waals surface area contributed by atoms with Crippen molar-refractivity contribution >= 4 is 22.1 Å². The van der Waals surface area contributed by atoms with Gasteiger partial charge in [-0.05, 0) is 73.0 Å². The Balaban J connectivity index is 1.38. The molecule has 0 N–H and O–H groups in total. The van der Waals surface area contributed by atoms with Gasteiger partial charge in [-0.15, -0.1) is 0 Å². The second-order valence-electron chi connectivity index (χ2n) is 12.8. The largest absolute Gasteiger partial charge is 0.744 e. The van der Waals surface area contributed by atoms with Crippen molar-refractivity contribution in [3.63, 3.8) is 0 Å². The molecule has 2 aromatic carbocycles. The molecule has 5 rings (SSSR count). The van der Waals surface area contributed by atoms with E-state index in [0.717, 1.165) is 88.2 Å². The molecule has 3 saturated carbocycles. The monoisotopic (exact) mass is 667 g/mol. The minimum atomic E-state index is -5.92. The highest BCUT2D eigenvalue weighted by atomic mass is 32.2. The number of carbonyl (C=O) groups is 2. The molecule has 0 amide bonds. The Hall–Kier alpha value is -2.99. The van der Waals surface area contributed by atoms with Crippen LogP contribution < -0.4 is 4.74 Å². The minimum Gasteiger partial charge on any atom is -0.744 e. The lowest BCUT2D eigenvalue weighted by molar-refractivity contribution is -0.135. The Morgan fingerprint density at radius 3 is 1.57 bits per heavy atom. The number of rotatable bonds is 9. The molecule has 0 aromatic heterocycles. The molecule has 3 aliphatic carbocycles. The lowest BCUT2D eigenvalue weighted by Crippen LogP contribution is -2.21. The lowest BCUT2D eigenvalue weighted by Gasteiger charge is -2.32. The van der Waals surface area contributed by atoms with Crippen LogP contribution >= 0.6 is 0 Å². The quantitative estimate of drug-likeness (QED) is 0.0868. The van der Waals surface area contributed by atoms with E-state index in [4.69, 9.17) is 4.74 Å². The third-order valence-electron chi connectivity index (χ3n) is 9.78. The van der Waals surface area contributed by atoms with Crippen LogP contribution in [-0.2, 0) is 19.6 Å². The van der Waals surface area contributed by atoms with Crippen LogP contribution in [0.5, 0.6) is 5.75 Å². The second-order valence-corrected chi connectivity index (χ2v) is 14.1. The van der Waals surface area contributed by atoms with Gasteiger partial charge in [0.15, 0.2) is 11.6 Å². The van der Waals surface area contributed by atoms with Crippen LogP contribution in [0.1, 0.15) is 148 Å². The van der Waals surface area contributed by atoms with E-state index in [2.05, 4.69) is 16.9 Å².